The number of amides is 2. The molecule has 0 bridgehead atoms. The van der Waals surface area contributed by atoms with E-state index in [4.69, 9.17) is 9.47 Å². The molecule has 0 aliphatic carbocycles. The van der Waals surface area contributed by atoms with Crippen LogP contribution in [-0.2, 0) is 26.8 Å². The van der Waals surface area contributed by atoms with Crippen molar-refractivity contribution in [3.05, 3.63) is 89.2 Å². The maximum absolute atomic E-state index is 14.5. The van der Waals surface area contributed by atoms with Crippen molar-refractivity contribution in [2.24, 2.45) is 0 Å². The third-order valence-electron chi connectivity index (χ3n) is 5.52. The Labute approximate surface area is 198 Å². The molecule has 1 heterocycles. The molecule has 0 saturated heterocycles. The number of anilines is 1. The largest absolute Gasteiger partial charge is 0.354 e. The molecule has 1 atom stereocenters. The smallest absolute Gasteiger partial charge is 0.259 e. The third kappa shape index (κ3) is 4.63. The van der Waals surface area contributed by atoms with Crippen LogP contribution in [0, 0.1) is 5.82 Å². The van der Waals surface area contributed by atoms with Crippen molar-refractivity contribution < 1.29 is 27.7 Å². The normalized spacial score (nSPS) is 15.0. The summed E-state index contributed by atoms with van der Waals surface area (Å²) < 4.78 is 38.1. The van der Waals surface area contributed by atoms with Gasteiger partial charge in [0.1, 0.15) is 5.82 Å². The molecule has 0 saturated carbocycles. The Bertz CT molecular complexity index is 1260. The summed E-state index contributed by atoms with van der Waals surface area (Å²) in [5, 5.41) is 2.71. The van der Waals surface area contributed by atoms with Gasteiger partial charge in [0.2, 0.25) is 0 Å². The molecule has 0 spiro atoms. The molecular weight excluding hydrogens is 459 g/mol. The second-order valence-electron chi connectivity index (χ2n) is 7.54. The van der Waals surface area contributed by atoms with E-state index in [0.29, 0.717) is 15.4 Å². The molecule has 0 aromatic heterocycles. The number of hydrogen-bond donors (Lipinski definition) is 1. The lowest BCUT2D eigenvalue weighted by Crippen LogP contribution is -2.34. The highest BCUT2D eigenvalue weighted by Gasteiger charge is 2.32. The van der Waals surface area contributed by atoms with Gasteiger partial charge in [-0.05, 0) is 36.4 Å². The van der Waals surface area contributed by atoms with Crippen LogP contribution >= 0.6 is 0 Å². The first-order chi connectivity index (χ1) is 16.4. The van der Waals surface area contributed by atoms with Gasteiger partial charge in [-0.15, -0.1) is 0 Å². The maximum Gasteiger partial charge on any atom is 0.259 e. The summed E-state index contributed by atoms with van der Waals surface area (Å²) in [4.78, 5) is 28.4. The number of nitrogens with one attached hydrogen (secondary N) is 1. The summed E-state index contributed by atoms with van der Waals surface area (Å²) in [7, 11) is 1.24. The minimum atomic E-state index is -1.68. The number of carbonyl (C=O) groups excluding carboxylic acids is 2. The van der Waals surface area contributed by atoms with Crippen LogP contribution < -0.4 is 10.2 Å². The molecule has 176 valence electrons. The predicted molar refractivity (Wildman–Crippen MR) is 125 cm³/mol. The SMILES string of the molecule is COC(CNC(=O)c1ccc2c(c1)N(Cc1ccccc1F)C(=O)c1ccccc1S2=O)OC. The Balaban J connectivity index is 1.78. The van der Waals surface area contributed by atoms with Gasteiger partial charge in [-0.25, -0.2) is 8.60 Å². The average molecular weight is 483 g/mol. The van der Waals surface area contributed by atoms with Crippen LogP contribution in [0.5, 0.6) is 0 Å². The molecule has 2 amide bonds. The third-order valence-corrected chi connectivity index (χ3v) is 7.02. The average Bonchev–Trinajstić information content (AvgIpc) is 2.95. The molecule has 3 aromatic rings. The van der Waals surface area contributed by atoms with E-state index in [9.17, 15) is 18.2 Å². The topological polar surface area (TPSA) is 84.9 Å². The molecule has 3 aromatic carbocycles. The van der Waals surface area contributed by atoms with E-state index in [-0.39, 0.29) is 29.9 Å². The van der Waals surface area contributed by atoms with Gasteiger partial charge in [0.25, 0.3) is 11.8 Å². The molecule has 34 heavy (non-hydrogen) atoms. The first-order valence-electron chi connectivity index (χ1n) is 10.5. The van der Waals surface area contributed by atoms with Gasteiger partial charge in [-0.2, -0.15) is 0 Å². The number of carbonyl (C=O) groups is 2. The van der Waals surface area contributed by atoms with Crippen molar-refractivity contribution >= 4 is 28.3 Å². The van der Waals surface area contributed by atoms with E-state index >= 15 is 0 Å². The fraction of sp³-hybridized carbons (Fsp3) is 0.200. The highest BCUT2D eigenvalue weighted by atomic mass is 32.2. The molecular formula is C25H23FN2O5S. The fourth-order valence-electron chi connectivity index (χ4n) is 3.70. The van der Waals surface area contributed by atoms with Gasteiger partial charge >= 0.3 is 0 Å². The number of fused-ring (bicyclic) bond motifs is 2. The molecule has 1 unspecified atom stereocenters. The Morgan fingerprint density at radius 1 is 1.03 bits per heavy atom. The monoisotopic (exact) mass is 482 g/mol. The second kappa shape index (κ2) is 10.3. The van der Waals surface area contributed by atoms with E-state index in [2.05, 4.69) is 5.32 Å². The zero-order valence-corrected chi connectivity index (χ0v) is 19.4. The van der Waals surface area contributed by atoms with Gasteiger partial charge < -0.3 is 19.7 Å². The first-order valence-corrected chi connectivity index (χ1v) is 11.6. The van der Waals surface area contributed by atoms with Crippen LogP contribution in [0.15, 0.2) is 76.5 Å². The minimum Gasteiger partial charge on any atom is -0.354 e. The van der Waals surface area contributed by atoms with Crippen LogP contribution in [0.4, 0.5) is 10.1 Å². The minimum absolute atomic E-state index is 0.0927. The summed E-state index contributed by atoms with van der Waals surface area (Å²) in [5.41, 5.74) is 1.09. The van der Waals surface area contributed by atoms with Crippen molar-refractivity contribution in [1.82, 2.24) is 5.32 Å². The Hall–Kier alpha value is -3.40. The summed E-state index contributed by atoms with van der Waals surface area (Å²) in [5.74, 6) is -1.32. The zero-order valence-electron chi connectivity index (χ0n) is 18.6. The molecule has 1 N–H and O–H groups in total. The van der Waals surface area contributed by atoms with Crippen molar-refractivity contribution in [2.45, 2.75) is 22.6 Å². The van der Waals surface area contributed by atoms with E-state index in [1.165, 1.54) is 31.3 Å². The van der Waals surface area contributed by atoms with Crippen LogP contribution in [-0.4, -0.2) is 43.1 Å². The van der Waals surface area contributed by atoms with Crippen LogP contribution in [0.1, 0.15) is 26.3 Å². The van der Waals surface area contributed by atoms with E-state index in [0.717, 1.165) is 0 Å². The van der Waals surface area contributed by atoms with E-state index in [1.807, 2.05) is 0 Å². The van der Waals surface area contributed by atoms with Gasteiger partial charge in [-0.1, -0.05) is 30.3 Å². The van der Waals surface area contributed by atoms with Crippen molar-refractivity contribution in [3.63, 3.8) is 0 Å². The Kier molecular flexibility index (Phi) is 7.16. The number of nitrogens with zero attached hydrogens (tertiary/aromatic N) is 1. The number of halogens is 1. The summed E-state index contributed by atoms with van der Waals surface area (Å²) in [6.07, 6.45) is -0.620. The lowest BCUT2D eigenvalue weighted by molar-refractivity contribution is -0.0974. The van der Waals surface area contributed by atoms with Crippen molar-refractivity contribution in [1.29, 1.82) is 0 Å². The maximum atomic E-state index is 14.5. The molecule has 9 heteroatoms. The Morgan fingerprint density at radius 3 is 2.47 bits per heavy atom. The van der Waals surface area contributed by atoms with Crippen LogP contribution in [0.3, 0.4) is 0 Å². The highest BCUT2D eigenvalue weighted by molar-refractivity contribution is 7.85. The standard InChI is InChI=1S/C25H23FN2O5S/c1-32-23(33-2)14-27-24(29)16-11-12-22-20(13-16)28(15-17-7-3-5-9-19(17)26)25(30)18-8-4-6-10-21(18)34(22)31/h3-13,23H,14-15H2,1-2H3,(H,27,29). The Morgan fingerprint density at radius 2 is 1.74 bits per heavy atom. The molecule has 0 fully saturated rings. The lowest BCUT2D eigenvalue weighted by Gasteiger charge is -2.24. The predicted octanol–water partition coefficient (Wildman–Crippen LogP) is 3.50. The summed E-state index contributed by atoms with van der Waals surface area (Å²) in [6.45, 7) is 0.0166. The van der Waals surface area contributed by atoms with Crippen molar-refractivity contribution in [3.8, 4) is 0 Å². The number of hydrogen-bond acceptors (Lipinski definition) is 5. The molecule has 1 aliphatic heterocycles. The zero-order chi connectivity index (χ0) is 24.2. The molecule has 1 aliphatic rings. The van der Waals surface area contributed by atoms with Crippen LogP contribution in [0.2, 0.25) is 0 Å². The summed E-state index contributed by atoms with van der Waals surface area (Å²) in [6, 6.07) is 17.4. The highest BCUT2D eigenvalue weighted by Crippen LogP contribution is 2.36. The quantitative estimate of drug-likeness (QED) is 0.521. The molecule has 7 nitrogen and oxygen atoms in total. The molecule has 0 radical (unpaired) electrons. The van der Waals surface area contributed by atoms with Gasteiger partial charge in [0, 0.05) is 25.3 Å². The second-order valence-corrected chi connectivity index (χ2v) is 8.96. The van der Waals surface area contributed by atoms with Crippen LogP contribution in [0.25, 0.3) is 0 Å². The van der Waals surface area contributed by atoms with E-state index < -0.39 is 34.7 Å². The van der Waals surface area contributed by atoms with E-state index in [1.54, 1.807) is 54.6 Å². The number of benzene rings is 3. The van der Waals surface area contributed by atoms with Gasteiger partial charge in [-0.3, -0.25) is 9.59 Å². The first kappa shape index (κ1) is 23.7. The number of ether oxygens (including phenoxy) is 2. The summed E-state index contributed by atoms with van der Waals surface area (Å²) >= 11 is 0. The number of rotatable bonds is 7. The lowest BCUT2D eigenvalue weighted by atomic mass is 10.1. The molecule has 4 rings (SSSR count). The number of methoxy groups -OCH3 is 2. The van der Waals surface area contributed by atoms with Gasteiger partial charge in [0.15, 0.2) is 6.29 Å². The fourth-order valence-corrected chi connectivity index (χ4v) is 5.04. The van der Waals surface area contributed by atoms with Gasteiger partial charge in [0.05, 0.1) is 44.9 Å². The van der Waals surface area contributed by atoms with Crippen molar-refractivity contribution in [2.75, 3.05) is 25.7 Å².